The van der Waals surface area contributed by atoms with Crippen molar-refractivity contribution in [2.45, 2.75) is 35.6 Å². The summed E-state index contributed by atoms with van der Waals surface area (Å²) in [7, 11) is 0. The van der Waals surface area contributed by atoms with Gasteiger partial charge in [0.1, 0.15) is 10.9 Å². The number of rotatable bonds is 3. The summed E-state index contributed by atoms with van der Waals surface area (Å²) in [5.41, 5.74) is 0.441. The Morgan fingerprint density at radius 2 is 1.89 bits per heavy atom. The van der Waals surface area contributed by atoms with Gasteiger partial charge in [0.2, 0.25) is 0 Å². The summed E-state index contributed by atoms with van der Waals surface area (Å²) in [6, 6.07) is 7.77. The minimum atomic E-state index is -0.308. The van der Waals surface area contributed by atoms with Crippen molar-refractivity contribution in [2.24, 2.45) is 0 Å². The first-order valence-electron chi connectivity index (χ1n) is 6.11. The molecule has 0 unspecified atom stereocenters. The van der Waals surface area contributed by atoms with Crippen molar-refractivity contribution in [1.29, 1.82) is 0 Å². The maximum Gasteiger partial charge on any atom is 0.176 e. The molecule has 0 atom stereocenters. The fourth-order valence-electron chi connectivity index (χ4n) is 1.76. The molecule has 0 spiro atoms. The first kappa shape index (κ1) is 13.1. The van der Waals surface area contributed by atoms with Gasteiger partial charge in [-0.1, -0.05) is 27.7 Å². The van der Waals surface area contributed by atoms with Crippen LogP contribution in [0.5, 0.6) is 0 Å². The Bertz CT molecular complexity index is 612. The van der Waals surface area contributed by atoms with Gasteiger partial charge in [-0.05, 0) is 44.0 Å². The van der Waals surface area contributed by atoms with Crippen LogP contribution in [0.3, 0.4) is 0 Å². The molecule has 1 saturated carbocycles. The van der Waals surface area contributed by atoms with E-state index in [1.807, 2.05) is 24.3 Å². The average Bonchev–Trinajstić information content (AvgIpc) is 3.21. The summed E-state index contributed by atoms with van der Waals surface area (Å²) < 4.78 is 15.1. The molecule has 0 bridgehead atoms. The number of benzene rings is 1. The van der Waals surface area contributed by atoms with Crippen LogP contribution in [0.25, 0.3) is 0 Å². The zero-order valence-corrected chi connectivity index (χ0v) is 12.8. The van der Waals surface area contributed by atoms with E-state index in [-0.39, 0.29) is 5.82 Å². The largest absolute Gasteiger partial charge is 0.235 e. The number of hydrogen-bond acceptors (Lipinski definition) is 3. The van der Waals surface area contributed by atoms with Gasteiger partial charge in [0.15, 0.2) is 5.82 Å². The lowest BCUT2D eigenvalue weighted by Gasteiger charge is -2.07. The fourth-order valence-corrected chi connectivity index (χ4v) is 2.90. The summed E-state index contributed by atoms with van der Waals surface area (Å²) >= 11 is 4.74. The van der Waals surface area contributed by atoms with Crippen molar-refractivity contribution in [3.05, 3.63) is 46.1 Å². The molecule has 0 N–H and O–H groups in total. The van der Waals surface area contributed by atoms with E-state index < -0.39 is 0 Å². The molecule has 2 aromatic rings. The van der Waals surface area contributed by atoms with Crippen LogP contribution >= 0.6 is 27.7 Å². The van der Waals surface area contributed by atoms with Crippen LogP contribution < -0.4 is 0 Å². The Kier molecular flexibility index (Phi) is 3.58. The second-order valence-corrected chi connectivity index (χ2v) is 6.59. The number of hydrogen-bond donors (Lipinski definition) is 0. The third kappa shape index (κ3) is 2.98. The molecule has 2 nitrogen and oxygen atoms in total. The Morgan fingerprint density at radius 3 is 2.53 bits per heavy atom. The van der Waals surface area contributed by atoms with Gasteiger partial charge < -0.3 is 0 Å². The normalized spacial score (nSPS) is 14.7. The van der Waals surface area contributed by atoms with Gasteiger partial charge in [0.05, 0.1) is 5.69 Å². The second-order valence-electron chi connectivity index (χ2n) is 4.62. The van der Waals surface area contributed by atoms with Crippen molar-refractivity contribution in [3.63, 3.8) is 0 Å². The molecule has 1 aliphatic carbocycles. The molecule has 0 saturated heterocycles. The summed E-state index contributed by atoms with van der Waals surface area (Å²) in [5.74, 6) is 0.916. The lowest BCUT2D eigenvalue weighted by Crippen LogP contribution is -2.01. The topological polar surface area (TPSA) is 25.8 Å². The van der Waals surface area contributed by atoms with Crippen molar-refractivity contribution >= 4 is 27.7 Å². The fraction of sp³-hybridized carbons (Fsp3) is 0.286. The molecule has 0 amide bonds. The van der Waals surface area contributed by atoms with Gasteiger partial charge in [0.25, 0.3) is 0 Å². The van der Waals surface area contributed by atoms with E-state index in [1.54, 1.807) is 6.92 Å². The molecule has 3 rings (SSSR count). The van der Waals surface area contributed by atoms with Crippen LogP contribution in [-0.2, 0) is 0 Å². The predicted octanol–water partition coefficient (Wildman–Crippen LogP) is 4.72. The summed E-state index contributed by atoms with van der Waals surface area (Å²) in [6.07, 6.45) is 2.24. The highest BCUT2D eigenvalue weighted by Crippen LogP contribution is 2.39. The number of halogens is 2. The maximum atomic E-state index is 14.1. The maximum absolute atomic E-state index is 14.1. The summed E-state index contributed by atoms with van der Waals surface area (Å²) in [5, 5.41) is 0.428. The monoisotopic (exact) mass is 338 g/mol. The lowest BCUT2D eigenvalue weighted by molar-refractivity contribution is 0.559. The quantitative estimate of drug-likeness (QED) is 0.757. The van der Waals surface area contributed by atoms with Gasteiger partial charge in [-0.3, -0.25) is 0 Å². The molecular weight excluding hydrogens is 327 g/mol. The minimum absolute atomic E-state index is 0.308. The molecule has 1 heterocycles. The SMILES string of the molecule is Cc1nc(C2CC2)nc(Sc2ccc(Br)cc2)c1F. The van der Waals surface area contributed by atoms with E-state index in [0.717, 1.165) is 28.0 Å². The van der Waals surface area contributed by atoms with Gasteiger partial charge in [-0.2, -0.15) is 0 Å². The van der Waals surface area contributed by atoms with E-state index in [9.17, 15) is 4.39 Å². The average molecular weight is 339 g/mol. The second kappa shape index (κ2) is 5.21. The molecule has 1 aromatic carbocycles. The Labute approximate surface area is 124 Å². The standard InChI is InChI=1S/C14H12BrFN2S/c1-8-12(16)14(18-13(17-8)9-2-3-9)19-11-6-4-10(15)5-7-11/h4-7,9H,2-3H2,1H3. The minimum Gasteiger partial charge on any atom is -0.235 e. The highest BCUT2D eigenvalue weighted by Gasteiger charge is 2.28. The molecule has 0 aliphatic heterocycles. The third-order valence-corrected chi connectivity index (χ3v) is 4.47. The number of aryl methyl sites for hydroxylation is 1. The Balaban J connectivity index is 1.92. The summed E-state index contributed by atoms with van der Waals surface area (Å²) in [4.78, 5) is 9.60. The molecule has 1 fully saturated rings. The van der Waals surface area contributed by atoms with E-state index in [2.05, 4.69) is 25.9 Å². The van der Waals surface area contributed by atoms with Crippen LogP contribution in [-0.4, -0.2) is 9.97 Å². The zero-order chi connectivity index (χ0) is 13.4. The van der Waals surface area contributed by atoms with Crippen molar-refractivity contribution < 1.29 is 4.39 Å². The third-order valence-electron chi connectivity index (χ3n) is 2.97. The van der Waals surface area contributed by atoms with Crippen molar-refractivity contribution in [2.75, 3.05) is 0 Å². The van der Waals surface area contributed by atoms with Gasteiger partial charge in [-0.25, -0.2) is 14.4 Å². The van der Waals surface area contributed by atoms with Crippen LogP contribution in [0, 0.1) is 12.7 Å². The van der Waals surface area contributed by atoms with Gasteiger partial charge in [0, 0.05) is 15.3 Å². The molecule has 19 heavy (non-hydrogen) atoms. The van der Waals surface area contributed by atoms with Gasteiger partial charge in [-0.15, -0.1) is 0 Å². The summed E-state index contributed by atoms with van der Waals surface area (Å²) in [6.45, 7) is 1.70. The molecule has 0 radical (unpaired) electrons. The van der Waals surface area contributed by atoms with Crippen molar-refractivity contribution in [3.8, 4) is 0 Å². The van der Waals surface area contributed by atoms with E-state index >= 15 is 0 Å². The van der Waals surface area contributed by atoms with E-state index in [0.29, 0.717) is 16.6 Å². The molecule has 5 heteroatoms. The van der Waals surface area contributed by atoms with E-state index in [4.69, 9.17) is 0 Å². The first-order chi connectivity index (χ1) is 9.13. The molecule has 1 aliphatic rings. The number of nitrogens with zero attached hydrogens (tertiary/aromatic N) is 2. The zero-order valence-electron chi connectivity index (χ0n) is 10.4. The predicted molar refractivity (Wildman–Crippen MR) is 77.0 cm³/mol. The van der Waals surface area contributed by atoms with Crippen LogP contribution in [0.2, 0.25) is 0 Å². The van der Waals surface area contributed by atoms with Crippen LogP contribution in [0.1, 0.15) is 30.3 Å². The molecule has 1 aromatic heterocycles. The number of aromatic nitrogens is 2. The van der Waals surface area contributed by atoms with Crippen LogP contribution in [0.4, 0.5) is 4.39 Å². The highest BCUT2D eigenvalue weighted by atomic mass is 79.9. The molecule has 98 valence electrons. The lowest BCUT2D eigenvalue weighted by atomic mass is 10.3. The molecular formula is C14H12BrFN2S. The Morgan fingerprint density at radius 1 is 1.21 bits per heavy atom. The highest BCUT2D eigenvalue weighted by molar-refractivity contribution is 9.10. The van der Waals surface area contributed by atoms with Crippen LogP contribution in [0.15, 0.2) is 38.7 Å². The first-order valence-corrected chi connectivity index (χ1v) is 7.72. The van der Waals surface area contributed by atoms with E-state index in [1.165, 1.54) is 11.8 Å². The smallest absolute Gasteiger partial charge is 0.176 e. The Hall–Kier alpha value is -0.940. The van der Waals surface area contributed by atoms with Gasteiger partial charge >= 0.3 is 0 Å². The van der Waals surface area contributed by atoms with Crippen molar-refractivity contribution in [1.82, 2.24) is 9.97 Å².